The predicted octanol–water partition coefficient (Wildman–Crippen LogP) is 2.97. The highest BCUT2D eigenvalue weighted by atomic mass is 16.2. The minimum Gasteiger partial charge on any atom is -0.356 e. The summed E-state index contributed by atoms with van der Waals surface area (Å²) in [6.45, 7) is 8.70. The van der Waals surface area contributed by atoms with Crippen molar-refractivity contribution < 1.29 is 9.59 Å². The van der Waals surface area contributed by atoms with Crippen LogP contribution in [0.4, 0.5) is 0 Å². The number of nitrogens with one attached hydrogen (secondary N) is 1. The Bertz CT molecular complexity index is 398. The first-order valence-corrected chi connectivity index (χ1v) is 8.90. The smallest absolute Gasteiger partial charge is 0.220 e. The van der Waals surface area contributed by atoms with E-state index in [0.29, 0.717) is 23.7 Å². The van der Waals surface area contributed by atoms with Crippen LogP contribution in [-0.2, 0) is 9.59 Å². The second kappa shape index (κ2) is 7.47. The standard InChI is InChI=1S/C18H32N2O2/c1-14(21)20-10-7-15(8-11-20)13-19-17(22)12-16-6-4-5-9-18(16,2)3/h15-16H,4-13H2,1-3H3,(H,19,22). The van der Waals surface area contributed by atoms with E-state index < -0.39 is 0 Å². The molecule has 1 aliphatic heterocycles. The Balaban J connectivity index is 1.69. The molecule has 1 unspecified atom stereocenters. The van der Waals surface area contributed by atoms with E-state index in [1.165, 1.54) is 25.7 Å². The molecule has 1 heterocycles. The minimum absolute atomic E-state index is 0.169. The van der Waals surface area contributed by atoms with Crippen molar-refractivity contribution in [2.24, 2.45) is 17.3 Å². The zero-order chi connectivity index (χ0) is 16.2. The summed E-state index contributed by atoms with van der Waals surface area (Å²) < 4.78 is 0. The summed E-state index contributed by atoms with van der Waals surface area (Å²) in [5.74, 6) is 1.44. The normalized spacial score (nSPS) is 25.8. The van der Waals surface area contributed by atoms with Crippen LogP contribution in [0.25, 0.3) is 0 Å². The topological polar surface area (TPSA) is 49.4 Å². The Labute approximate surface area is 135 Å². The first-order valence-electron chi connectivity index (χ1n) is 8.90. The van der Waals surface area contributed by atoms with Gasteiger partial charge in [0.25, 0.3) is 0 Å². The van der Waals surface area contributed by atoms with Crippen LogP contribution in [0.15, 0.2) is 0 Å². The van der Waals surface area contributed by atoms with Gasteiger partial charge in [0.1, 0.15) is 0 Å². The third kappa shape index (κ3) is 4.72. The number of hydrogen-bond donors (Lipinski definition) is 1. The molecule has 2 amide bonds. The molecular weight excluding hydrogens is 276 g/mol. The molecule has 0 aromatic carbocycles. The highest BCUT2D eigenvalue weighted by molar-refractivity contribution is 5.76. The van der Waals surface area contributed by atoms with E-state index in [2.05, 4.69) is 19.2 Å². The highest BCUT2D eigenvalue weighted by Crippen LogP contribution is 2.42. The maximum atomic E-state index is 12.2. The van der Waals surface area contributed by atoms with Crippen molar-refractivity contribution >= 4 is 11.8 Å². The van der Waals surface area contributed by atoms with Crippen LogP contribution in [0, 0.1) is 17.3 Å². The summed E-state index contributed by atoms with van der Waals surface area (Å²) in [6.07, 6.45) is 7.71. The Hall–Kier alpha value is -1.06. The number of piperidine rings is 1. The molecule has 1 saturated heterocycles. The van der Waals surface area contributed by atoms with Gasteiger partial charge in [0, 0.05) is 33.0 Å². The number of carbonyl (C=O) groups excluding carboxylic acids is 2. The Morgan fingerprint density at radius 1 is 1.14 bits per heavy atom. The second-order valence-electron chi connectivity index (χ2n) is 7.89. The second-order valence-corrected chi connectivity index (χ2v) is 7.89. The maximum absolute atomic E-state index is 12.2. The van der Waals surface area contributed by atoms with Gasteiger partial charge in [-0.25, -0.2) is 0 Å². The van der Waals surface area contributed by atoms with Crippen LogP contribution in [0.5, 0.6) is 0 Å². The Morgan fingerprint density at radius 2 is 1.82 bits per heavy atom. The lowest BCUT2D eigenvalue weighted by Crippen LogP contribution is -2.41. The van der Waals surface area contributed by atoms with E-state index in [1.54, 1.807) is 6.92 Å². The quantitative estimate of drug-likeness (QED) is 0.868. The Morgan fingerprint density at radius 3 is 2.41 bits per heavy atom. The molecule has 4 heteroatoms. The third-order valence-electron chi connectivity index (χ3n) is 5.81. The lowest BCUT2D eigenvalue weighted by atomic mass is 9.67. The van der Waals surface area contributed by atoms with Gasteiger partial charge in [0.2, 0.25) is 11.8 Å². The molecule has 1 saturated carbocycles. The van der Waals surface area contributed by atoms with Crippen molar-refractivity contribution in [1.29, 1.82) is 0 Å². The first-order chi connectivity index (χ1) is 10.4. The van der Waals surface area contributed by atoms with Crippen molar-refractivity contribution in [2.75, 3.05) is 19.6 Å². The van der Waals surface area contributed by atoms with Crippen LogP contribution < -0.4 is 5.32 Å². The molecule has 1 N–H and O–H groups in total. The summed E-state index contributed by atoms with van der Waals surface area (Å²) in [5, 5.41) is 3.14. The summed E-state index contributed by atoms with van der Waals surface area (Å²) in [6, 6.07) is 0. The van der Waals surface area contributed by atoms with E-state index in [4.69, 9.17) is 0 Å². The molecule has 0 spiro atoms. The Kier molecular flexibility index (Phi) is 5.87. The van der Waals surface area contributed by atoms with Gasteiger partial charge in [0.15, 0.2) is 0 Å². The molecule has 1 atom stereocenters. The largest absolute Gasteiger partial charge is 0.356 e. The summed E-state index contributed by atoms with van der Waals surface area (Å²) in [4.78, 5) is 25.5. The molecule has 126 valence electrons. The van der Waals surface area contributed by atoms with Gasteiger partial charge in [-0.3, -0.25) is 9.59 Å². The van der Waals surface area contributed by atoms with Crippen LogP contribution in [-0.4, -0.2) is 36.3 Å². The van der Waals surface area contributed by atoms with E-state index in [0.717, 1.165) is 32.5 Å². The summed E-state index contributed by atoms with van der Waals surface area (Å²) in [5.41, 5.74) is 0.308. The molecular formula is C18H32N2O2. The number of amides is 2. The van der Waals surface area contributed by atoms with Crippen molar-refractivity contribution in [1.82, 2.24) is 10.2 Å². The predicted molar refractivity (Wildman–Crippen MR) is 88.3 cm³/mol. The highest BCUT2D eigenvalue weighted by Gasteiger charge is 2.33. The molecule has 0 radical (unpaired) electrons. The maximum Gasteiger partial charge on any atom is 0.220 e. The molecule has 2 fully saturated rings. The van der Waals surface area contributed by atoms with Crippen LogP contribution in [0.2, 0.25) is 0 Å². The average Bonchev–Trinajstić information content (AvgIpc) is 2.47. The minimum atomic E-state index is 0.169. The first kappa shape index (κ1) is 17.3. The van der Waals surface area contributed by atoms with Gasteiger partial charge in [-0.05, 0) is 42.9 Å². The lowest BCUT2D eigenvalue weighted by molar-refractivity contribution is -0.130. The van der Waals surface area contributed by atoms with Gasteiger partial charge in [-0.2, -0.15) is 0 Å². The van der Waals surface area contributed by atoms with Gasteiger partial charge in [0.05, 0.1) is 0 Å². The molecule has 2 rings (SSSR count). The fourth-order valence-electron chi connectivity index (χ4n) is 3.95. The summed E-state index contributed by atoms with van der Waals surface area (Å²) in [7, 11) is 0. The molecule has 0 bridgehead atoms. The lowest BCUT2D eigenvalue weighted by Gasteiger charge is -2.38. The molecule has 1 aliphatic carbocycles. The molecule has 4 nitrogen and oxygen atoms in total. The number of nitrogens with zero attached hydrogens (tertiary/aromatic N) is 1. The monoisotopic (exact) mass is 308 g/mol. The van der Waals surface area contributed by atoms with Gasteiger partial charge in [-0.1, -0.05) is 26.7 Å². The molecule has 2 aliphatic rings. The molecule has 0 aromatic rings. The van der Waals surface area contributed by atoms with Crippen LogP contribution >= 0.6 is 0 Å². The van der Waals surface area contributed by atoms with E-state index >= 15 is 0 Å². The van der Waals surface area contributed by atoms with E-state index in [1.807, 2.05) is 4.90 Å². The third-order valence-corrected chi connectivity index (χ3v) is 5.81. The fraction of sp³-hybridized carbons (Fsp3) is 0.889. The number of carbonyl (C=O) groups is 2. The number of likely N-dealkylation sites (tertiary alicyclic amines) is 1. The van der Waals surface area contributed by atoms with Gasteiger partial charge >= 0.3 is 0 Å². The van der Waals surface area contributed by atoms with Crippen LogP contribution in [0.1, 0.15) is 65.7 Å². The SMILES string of the molecule is CC(=O)N1CCC(CNC(=O)CC2CCCCC2(C)C)CC1. The number of hydrogen-bond acceptors (Lipinski definition) is 2. The van der Waals surface area contributed by atoms with Crippen molar-refractivity contribution in [3.63, 3.8) is 0 Å². The fourth-order valence-corrected chi connectivity index (χ4v) is 3.95. The van der Waals surface area contributed by atoms with E-state index in [9.17, 15) is 9.59 Å². The van der Waals surface area contributed by atoms with Crippen molar-refractivity contribution in [3.8, 4) is 0 Å². The zero-order valence-electron chi connectivity index (χ0n) is 14.5. The van der Waals surface area contributed by atoms with E-state index in [-0.39, 0.29) is 11.8 Å². The zero-order valence-corrected chi connectivity index (χ0v) is 14.5. The van der Waals surface area contributed by atoms with Gasteiger partial charge in [-0.15, -0.1) is 0 Å². The van der Waals surface area contributed by atoms with Gasteiger partial charge < -0.3 is 10.2 Å². The summed E-state index contributed by atoms with van der Waals surface area (Å²) >= 11 is 0. The molecule has 0 aromatic heterocycles. The average molecular weight is 308 g/mol. The van der Waals surface area contributed by atoms with Crippen molar-refractivity contribution in [3.05, 3.63) is 0 Å². The molecule has 22 heavy (non-hydrogen) atoms. The number of rotatable bonds is 4. The van der Waals surface area contributed by atoms with Crippen LogP contribution in [0.3, 0.4) is 0 Å². The van der Waals surface area contributed by atoms with Crippen molar-refractivity contribution in [2.45, 2.75) is 65.7 Å².